The molecule has 0 saturated carbocycles. The third-order valence-corrected chi connectivity index (χ3v) is 2.46. The monoisotopic (exact) mass is 260 g/mol. The van der Waals surface area contributed by atoms with Crippen LogP contribution in [0.4, 0.5) is 8.78 Å². The molecule has 0 amide bonds. The highest BCUT2D eigenvalue weighted by Gasteiger charge is 2.42. The fraction of sp³-hybridized carbons (Fsp3) is 0.364. The first-order valence-electron chi connectivity index (χ1n) is 5.06. The molecule has 1 aromatic carbocycles. The van der Waals surface area contributed by atoms with E-state index in [0.29, 0.717) is 0 Å². The first kappa shape index (κ1) is 12.4. The summed E-state index contributed by atoms with van der Waals surface area (Å²) in [6.45, 7) is 0.482. The Hall–Kier alpha value is -2.05. The summed E-state index contributed by atoms with van der Waals surface area (Å²) in [4.78, 5) is 10.5. The molecule has 1 aliphatic heterocycles. The van der Waals surface area contributed by atoms with Crippen molar-refractivity contribution in [3.63, 3.8) is 0 Å². The first-order valence-corrected chi connectivity index (χ1v) is 5.06. The molecule has 18 heavy (non-hydrogen) atoms. The third-order valence-electron chi connectivity index (χ3n) is 2.46. The third kappa shape index (κ3) is 1.92. The zero-order valence-corrected chi connectivity index (χ0v) is 9.41. The molecule has 0 bridgehead atoms. The van der Waals surface area contributed by atoms with Crippen molar-refractivity contribution in [2.75, 3.05) is 20.3 Å². The minimum atomic E-state index is -4.01. The SMILES string of the molecule is COc1cc(C(F)(F)C(=O)O)cc2c1OCCO2. The van der Waals surface area contributed by atoms with Crippen molar-refractivity contribution in [1.29, 1.82) is 0 Å². The van der Waals surface area contributed by atoms with Crippen LogP contribution in [0, 0.1) is 0 Å². The number of benzene rings is 1. The molecule has 0 spiro atoms. The van der Waals surface area contributed by atoms with E-state index in [4.69, 9.17) is 19.3 Å². The Kier molecular flexibility index (Phi) is 2.98. The van der Waals surface area contributed by atoms with Crippen LogP contribution in [0.3, 0.4) is 0 Å². The molecule has 1 N–H and O–H groups in total. The number of ether oxygens (including phenoxy) is 3. The summed E-state index contributed by atoms with van der Waals surface area (Å²) in [5.41, 5.74) is -0.712. The smallest absolute Gasteiger partial charge is 0.379 e. The number of halogens is 2. The normalized spacial score (nSPS) is 14.2. The maximum Gasteiger partial charge on any atom is 0.379 e. The Labute approximate surface area is 101 Å². The topological polar surface area (TPSA) is 65.0 Å². The lowest BCUT2D eigenvalue weighted by molar-refractivity contribution is -0.166. The maximum absolute atomic E-state index is 13.4. The van der Waals surface area contributed by atoms with Gasteiger partial charge in [0.2, 0.25) is 5.75 Å². The summed E-state index contributed by atoms with van der Waals surface area (Å²) < 4.78 is 42.1. The molecule has 0 unspecified atom stereocenters. The molecule has 5 nitrogen and oxygen atoms in total. The summed E-state index contributed by atoms with van der Waals surface area (Å²) in [5, 5.41) is 8.50. The van der Waals surface area contributed by atoms with Gasteiger partial charge in [-0.1, -0.05) is 0 Å². The molecule has 1 aromatic rings. The van der Waals surface area contributed by atoms with Gasteiger partial charge in [-0.3, -0.25) is 0 Å². The number of alkyl halides is 2. The van der Waals surface area contributed by atoms with Crippen molar-refractivity contribution >= 4 is 5.97 Å². The number of carboxylic acid groups (broad SMARTS) is 1. The molecular weight excluding hydrogens is 250 g/mol. The summed E-state index contributed by atoms with van der Waals surface area (Å²) >= 11 is 0. The van der Waals surface area contributed by atoms with Gasteiger partial charge in [0.05, 0.1) is 7.11 Å². The molecule has 0 fully saturated rings. The highest BCUT2D eigenvalue weighted by Crippen LogP contribution is 2.43. The Bertz CT molecular complexity index is 469. The number of carbonyl (C=O) groups is 1. The quantitative estimate of drug-likeness (QED) is 0.895. The Morgan fingerprint density at radius 1 is 1.39 bits per heavy atom. The largest absolute Gasteiger partial charge is 0.493 e. The van der Waals surface area contributed by atoms with Crippen molar-refractivity contribution in [2.45, 2.75) is 5.92 Å². The van der Waals surface area contributed by atoms with Crippen LogP contribution < -0.4 is 14.2 Å². The van der Waals surface area contributed by atoms with Crippen molar-refractivity contribution in [3.05, 3.63) is 17.7 Å². The summed E-state index contributed by atoms with van der Waals surface area (Å²) in [7, 11) is 1.27. The van der Waals surface area contributed by atoms with E-state index < -0.39 is 17.5 Å². The van der Waals surface area contributed by atoms with Gasteiger partial charge in [-0.15, -0.1) is 0 Å². The number of hydrogen-bond donors (Lipinski definition) is 1. The van der Waals surface area contributed by atoms with Gasteiger partial charge in [0.1, 0.15) is 13.2 Å². The summed E-state index contributed by atoms with van der Waals surface area (Å²) in [5.74, 6) is -5.97. The zero-order chi connectivity index (χ0) is 13.3. The zero-order valence-electron chi connectivity index (χ0n) is 9.41. The van der Waals surface area contributed by atoms with E-state index in [1.165, 1.54) is 7.11 Å². The van der Waals surface area contributed by atoms with Crippen LogP contribution in [0.15, 0.2) is 12.1 Å². The molecular formula is C11H10F2O5. The van der Waals surface area contributed by atoms with Crippen LogP contribution in [0.5, 0.6) is 17.2 Å². The number of methoxy groups -OCH3 is 1. The van der Waals surface area contributed by atoms with Gasteiger partial charge in [0.25, 0.3) is 0 Å². The second-order valence-corrected chi connectivity index (χ2v) is 3.58. The second-order valence-electron chi connectivity index (χ2n) is 3.58. The van der Waals surface area contributed by atoms with Crippen LogP contribution >= 0.6 is 0 Å². The van der Waals surface area contributed by atoms with E-state index in [-0.39, 0.29) is 30.5 Å². The van der Waals surface area contributed by atoms with Gasteiger partial charge in [-0.25, -0.2) is 4.79 Å². The Morgan fingerprint density at radius 2 is 2.06 bits per heavy atom. The lowest BCUT2D eigenvalue weighted by Crippen LogP contribution is -2.26. The average Bonchev–Trinajstić information content (AvgIpc) is 2.37. The molecule has 0 radical (unpaired) electrons. The van der Waals surface area contributed by atoms with Gasteiger partial charge < -0.3 is 19.3 Å². The highest BCUT2D eigenvalue weighted by molar-refractivity contribution is 5.78. The van der Waals surface area contributed by atoms with E-state index in [9.17, 15) is 13.6 Å². The van der Waals surface area contributed by atoms with Crippen molar-refractivity contribution in [1.82, 2.24) is 0 Å². The molecule has 98 valence electrons. The van der Waals surface area contributed by atoms with E-state index in [1.807, 2.05) is 0 Å². The van der Waals surface area contributed by atoms with Gasteiger partial charge in [0.15, 0.2) is 11.5 Å². The fourth-order valence-electron chi connectivity index (χ4n) is 1.58. The number of carboxylic acids is 1. The fourth-order valence-corrected chi connectivity index (χ4v) is 1.58. The van der Waals surface area contributed by atoms with Crippen LogP contribution in [0.25, 0.3) is 0 Å². The molecule has 0 saturated heterocycles. The summed E-state index contributed by atoms with van der Waals surface area (Å²) in [6.07, 6.45) is 0. The second kappa shape index (κ2) is 4.32. The maximum atomic E-state index is 13.4. The predicted molar refractivity (Wildman–Crippen MR) is 55.5 cm³/mol. The molecule has 7 heteroatoms. The van der Waals surface area contributed by atoms with Gasteiger partial charge >= 0.3 is 11.9 Å². The Morgan fingerprint density at radius 3 is 2.67 bits per heavy atom. The molecule has 0 aliphatic carbocycles. The van der Waals surface area contributed by atoms with Crippen molar-refractivity contribution in [3.8, 4) is 17.2 Å². The average molecular weight is 260 g/mol. The lowest BCUT2D eigenvalue weighted by atomic mass is 10.1. The van der Waals surface area contributed by atoms with E-state index in [0.717, 1.165) is 12.1 Å². The standard InChI is InChI=1S/C11H10F2O5/c1-16-7-4-6(11(12,13)10(14)15)5-8-9(7)18-3-2-17-8/h4-5H,2-3H2,1H3,(H,14,15). The lowest BCUT2D eigenvalue weighted by Gasteiger charge is -2.22. The minimum Gasteiger partial charge on any atom is -0.493 e. The minimum absolute atomic E-state index is 0.0168. The van der Waals surface area contributed by atoms with E-state index in [1.54, 1.807) is 0 Å². The molecule has 2 rings (SSSR count). The molecule has 0 atom stereocenters. The van der Waals surface area contributed by atoms with E-state index >= 15 is 0 Å². The first-order chi connectivity index (χ1) is 8.46. The van der Waals surface area contributed by atoms with Crippen LogP contribution in [0.2, 0.25) is 0 Å². The number of aliphatic carboxylic acids is 1. The molecule has 0 aromatic heterocycles. The van der Waals surface area contributed by atoms with Gasteiger partial charge in [-0.05, 0) is 12.1 Å². The van der Waals surface area contributed by atoms with Gasteiger partial charge in [-0.2, -0.15) is 8.78 Å². The van der Waals surface area contributed by atoms with Crippen molar-refractivity contribution < 1.29 is 32.9 Å². The number of hydrogen-bond acceptors (Lipinski definition) is 4. The summed E-state index contributed by atoms with van der Waals surface area (Å²) in [6, 6.07) is 1.88. The van der Waals surface area contributed by atoms with Crippen molar-refractivity contribution in [2.24, 2.45) is 0 Å². The van der Waals surface area contributed by atoms with Crippen LogP contribution in [0.1, 0.15) is 5.56 Å². The molecule has 1 aliphatic rings. The highest BCUT2D eigenvalue weighted by atomic mass is 19.3. The van der Waals surface area contributed by atoms with Crippen LogP contribution in [-0.2, 0) is 10.7 Å². The van der Waals surface area contributed by atoms with E-state index in [2.05, 4.69) is 0 Å². The van der Waals surface area contributed by atoms with Gasteiger partial charge in [0, 0.05) is 5.56 Å². The number of rotatable bonds is 3. The number of fused-ring (bicyclic) bond motifs is 1. The molecule has 1 heterocycles. The Balaban J connectivity index is 2.54. The van der Waals surface area contributed by atoms with Crippen LogP contribution in [-0.4, -0.2) is 31.4 Å². The predicted octanol–water partition coefficient (Wildman–Crippen LogP) is 1.64.